The first kappa shape index (κ1) is 33.8. The second-order valence-corrected chi connectivity index (χ2v) is 19.6. The number of benzene rings is 6. The lowest BCUT2D eigenvalue weighted by Crippen LogP contribution is -2.56. The van der Waals surface area contributed by atoms with Gasteiger partial charge in [-0.25, -0.2) is 0 Å². The molecule has 6 aliphatic rings. The van der Waals surface area contributed by atoms with Crippen molar-refractivity contribution in [3.63, 3.8) is 0 Å². The minimum absolute atomic E-state index is 0.0329. The third kappa shape index (κ3) is 4.84. The Kier molecular flexibility index (Phi) is 7.05. The smallest absolute Gasteiger partial charge is 0.137 e. The topological polar surface area (TPSA) is 25.6 Å². The number of nitrogens with zero attached hydrogens (tertiary/aromatic N) is 1. The van der Waals surface area contributed by atoms with Crippen LogP contribution >= 0.6 is 0 Å². The molecule has 2 heterocycles. The van der Waals surface area contributed by atoms with Crippen molar-refractivity contribution in [2.45, 2.75) is 88.9 Å². The molecule has 0 N–H and O–H groups in total. The molecular weight excluding hydrogens is 695 g/mol. The highest BCUT2D eigenvalue weighted by molar-refractivity contribution is 6.13. The molecule has 1 aromatic heterocycles. The number of anilines is 3. The molecule has 3 nitrogen and oxygen atoms in total. The van der Waals surface area contributed by atoms with E-state index in [1.807, 2.05) is 0 Å². The Hall–Kier alpha value is -5.28. The van der Waals surface area contributed by atoms with Crippen LogP contribution in [-0.2, 0) is 16.2 Å². The van der Waals surface area contributed by atoms with Gasteiger partial charge in [0.15, 0.2) is 0 Å². The summed E-state index contributed by atoms with van der Waals surface area (Å²) in [6.45, 7) is 9.66. The van der Waals surface area contributed by atoms with Crippen LogP contribution in [0.2, 0.25) is 0 Å². The first-order valence-corrected chi connectivity index (χ1v) is 21.6. The van der Waals surface area contributed by atoms with Crippen LogP contribution in [0.4, 0.5) is 17.1 Å². The first-order chi connectivity index (χ1) is 27.7. The highest BCUT2D eigenvalue weighted by Crippen LogP contribution is 2.69. The van der Waals surface area contributed by atoms with Crippen LogP contribution in [0.5, 0.6) is 11.5 Å². The summed E-state index contributed by atoms with van der Waals surface area (Å²) in [5.74, 6) is 5.29. The maximum Gasteiger partial charge on any atom is 0.137 e. The summed E-state index contributed by atoms with van der Waals surface area (Å²) in [7, 11) is 0. The molecule has 4 fully saturated rings. The van der Waals surface area contributed by atoms with E-state index in [-0.39, 0.29) is 16.2 Å². The third-order valence-electron chi connectivity index (χ3n) is 15.6. The normalized spacial score (nSPS) is 25.9. The molecule has 6 aromatic carbocycles. The molecule has 284 valence electrons. The van der Waals surface area contributed by atoms with E-state index in [1.165, 1.54) is 84.0 Å². The van der Waals surface area contributed by atoms with Crippen molar-refractivity contribution >= 4 is 39.0 Å². The van der Waals surface area contributed by atoms with Gasteiger partial charge in [0.25, 0.3) is 0 Å². The number of para-hydroxylation sites is 2. The molecule has 1 aliphatic heterocycles. The summed E-state index contributed by atoms with van der Waals surface area (Å²) in [4.78, 5) is 2.47. The molecular formula is C54H51NO2. The van der Waals surface area contributed by atoms with Crippen LogP contribution < -0.4 is 9.64 Å². The predicted molar refractivity (Wildman–Crippen MR) is 233 cm³/mol. The van der Waals surface area contributed by atoms with Crippen molar-refractivity contribution in [2.75, 3.05) is 4.90 Å². The van der Waals surface area contributed by atoms with Crippen LogP contribution in [0.1, 0.15) is 94.9 Å². The van der Waals surface area contributed by atoms with E-state index in [9.17, 15) is 0 Å². The Labute approximate surface area is 336 Å². The van der Waals surface area contributed by atoms with Gasteiger partial charge in [-0.2, -0.15) is 0 Å². The van der Waals surface area contributed by atoms with Crippen LogP contribution in [0.15, 0.2) is 132 Å². The molecule has 5 aliphatic carbocycles. The van der Waals surface area contributed by atoms with Gasteiger partial charge in [-0.15, -0.1) is 0 Å². The first-order valence-electron chi connectivity index (χ1n) is 21.6. The second-order valence-electron chi connectivity index (χ2n) is 19.6. The Balaban J connectivity index is 1.00. The largest absolute Gasteiger partial charge is 0.457 e. The number of rotatable bonds is 4. The number of hydrogen-bond acceptors (Lipinski definition) is 3. The summed E-state index contributed by atoms with van der Waals surface area (Å²) in [5, 5.41) is 2.28. The molecule has 7 aromatic rings. The molecule has 0 atom stereocenters. The van der Waals surface area contributed by atoms with Gasteiger partial charge in [0.05, 0.1) is 11.1 Å². The second kappa shape index (κ2) is 11.9. The van der Waals surface area contributed by atoms with Crippen LogP contribution in [0.25, 0.3) is 33.1 Å². The molecule has 0 amide bonds. The van der Waals surface area contributed by atoms with Crippen molar-refractivity contribution in [1.29, 1.82) is 0 Å². The van der Waals surface area contributed by atoms with E-state index in [0.717, 1.165) is 56.6 Å². The Morgan fingerprint density at radius 2 is 1.16 bits per heavy atom. The van der Waals surface area contributed by atoms with Crippen molar-refractivity contribution < 1.29 is 9.15 Å². The van der Waals surface area contributed by atoms with Gasteiger partial charge in [0.2, 0.25) is 0 Å². The standard InChI is InChI=1S/C54H51NO2/c1-52(2)24-25-53(3,4)44-32-40(21-22-42(44)52)55(46-12-9-15-50-51(46)41-10-5-7-13-47(41)56-50)39-19-16-35(17-20-39)36-18-23-49-45(31-36)54(43-11-6-8-14-48(43)57-49)37-27-33-26-34(29-37)30-38(54)28-33/h5-23,31-34,37-38H,24-30H2,1-4H3. The lowest BCUT2D eigenvalue weighted by molar-refractivity contribution is -0.0452. The lowest BCUT2D eigenvalue weighted by atomic mass is 9.41. The van der Waals surface area contributed by atoms with E-state index in [2.05, 4.69) is 160 Å². The minimum Gasteiger partial charge on any atom is -0.457 e. The fraction of sp³-hybridized carbons (Fsp3) is 0.333. The van der Waals surface area contributed by atoms with Crippen LogP contribution in [0, 0.1) is 23.7 Å². The lowest BCUT2D eigenvalue weighted by Gasteiger charge is -2.63. The summed E-state index contributed by atoms with van der Waals surface area (Å²) >= 11 is 0. The SMILES string of the molecule is CC1(C)CCC(C)(C)c2cc(N(c3ccc(-c4ccc5c(c4)C4(c6ccccc6O5)C5CC6CC(C5)CC4C6)cc3)c3cccc4oc5ccccc5c34)ccc21. The third-order valence-corrected chi connectivity index (χ3v) is 15.6. The van der Waals surface area contributed by atoms with Gasteiger partial charge in [-0.3, -0.25) is 0 Å². The highest BCUT2D eigenvalue weighted by Gasteiger charge is 2.61. The van der Waals surface area contributed by atoms with Crippen LogP contribution in [0.3, 0.4) is 0 Å². The predicted octanol–water partition coefficient (Wildman–Crippen LogP) is 14.9. The quantitative estimate of drug-likeness (QED) is 0.179. The number of furan rings is 1. The number of ether oxygens (including phenoxy) is 1. The zero-order chi connectivity index (χ0) is 38.3. The summed E-state index contributed by atoms with van der Waals surface area (Å²) < 4.78 is 13.2. The number of hydrogen-bond donors (Lipinski definition) is 0. The zero-order valence-electron chi connectivity index (χ0n) is 33.6. The molecule has 1 spiro atoms. The molecule has 0 unspecified atom stereocenters. The van der Waals surface area contributed by atoms with E-state index in [1.54, 1.807) is 0 Å². The van der Waals surface area contributed by atoms with E-state index < -0.39 is 0 Å². The molecule has 13 rings (SSSR count). The Morgan fingerprint density at radius 3 is 1.95 bits per heavy atom. The van der Waals surface area contributed by atoms with Crippen LogP contribution in [-0.4, -0.2) is 0 Å². The van der Waals surface area contributed by atoms with Gasteiger partial charge in [-0.1, -0.05) is 94.4 Å². The summed E-state index contributed by atoms with van der Waals surface area (Å²) in [6.07, 6.45) is 9.23. The van der Waals surface area contributed by atoms with Crippen molar-refractivity contribution in [3.8, 4) is 22.6 Å². The van der Waals surface area contributed by atoms with Gasteiger partial charge in [0, 0.05) is 33.3 Å². The van der Waals surface area contributed by atoms with Gasteiger partial charge in [-0.05, 0) is 162 Å². The monoisotopic (exact) mass is 745 g/mol. The molecule has 0 saturated heterocycles. The maximum absolute atomic E-state index is 6.76. The zero-order valence-corrected chi connectivity index (χ0v) is 33.6. The molecule has 3 heteroatoms. The van der Waals surface area contributed by atoms with Gasteiger partial charge >= 0.3 is 0 Å². The fourth-order valence-electron chi connectivity index (χ4n) is 13.0. The minimum atomic E-state index is 0.0329. The Morgan fingerprint density at radius 1 is 0.509 bits per heavy atom. The molecule has 4 saturated carbocycles. The van der Waals surface area contributed by atoms with Crippen molar-refractivity contribution in [2.24, 2.45) is 23.7 Å². The average molecular weight is 746 g/mol. The van der Waals surface area contributed by atoms with Gasteiger partial charge < -0.3 is 14.1 Å². The highest BCUT2D eigenvalue weighted by atomic mass is 16.5. The maximum atomic E-state index is 6.76. The van der Waals surface area contributed by atoms with E-state index in [4.69, 9.17) is 9.15 Å². The van der Waals surface area contributed by atoms with Crippen molar-refractivity contribution in [1.82, 2.24) is 0 Å². The summed E-state index contributed by atoms with van der Waals surface area (Å²) in [5.41, 5.74) is 13.8. The van der Waals surface area contributed by atoms with Crippen molar-refractivity contribution in [3.05, 3.63) is 150 Å². The summed E-state index contributed by atoms with van der Waals surface area (Å²) in [6, 6.07) is 47.6. The Bertz CT molecular complexity index is 2720. The van der Waals surface area contributed by atoms with Gasteiger partial charge in [0.1, 0.15) is 22.7 Å². The average Bonchev–Trinajstić information content (AvgIpc) is 3.61. The van der Waals surface area contributed by atoms with E-state index >= 15 is 0 Å². The number of fused-ring (bicyclic) bond motifs is 6. The molecule has 0 radical (unpaired) electrons. The molecule has 57 heavy (non-hydrogen) atoms. The molecule has 4 bridgehead atoms. The van der Waals surface area contributed by atoms with E-state index in [0.29, 0.717) is 11.8 Å². The fourth-order valence-corrected chi connectivity index (χ4v) is 13.0.